The van der Waals surface area contributed by atoms with E-state index in [9.17, 15) is 0 Å². The fraction of sp³-hybridized carbons (Fsp3) is 0.727. The fourth-order valence-corrected chi connectivity index (χ4v) is 1.41. The van der Waals surface area contributed by atoms with Crippen molar-refractivity contribution in [3.8, 4) is 0 Å². The first-order valence-corrected chi connectivity index (χ1v) is 5.29. The van der Waals surface area contributed by atoms with Gasteiger partial charge in [0.25, 0.3) is 0 Å². The summed E-state index contributed by atoms with van der Waals surface area (Å²) in [5, 5.41) is 0. The van der Waals surface area contributed by atoms with Gasteiger partial charge in [-0.3, -0.25) is 0 Å². The molecule has 80 valence electrons. The zero-order valence-electron chi connectivity index (χ0n) is 9.36. The number of imidazole rings is 1. The first kappa shape index (κ1) is 11.2. The molecule has 0 bridgehead atoms. The Labute approximate surface area is 86.1 Å². The Kier molecular flexibility index (Phi) is 4.66. The topological polar surface area (TPSA) is 27.1 Å². The molecule has 0 N–H and O–H groups in total. The lowest BCUT2D eigenvalue weighted by atomic mass is 10.2. The zero-order chi connectivity index (χ0) is 10.4. The highest BCUT2D eigenvalue weighted by Crippen LogP contribution is 2.13. The van der Waals surface area contributed by atoms with Crippen molar-refractivity contribution < 1.29 is 4.74 Å². The minimum Gasteiger partial charge on any atom is -0.378 e. The van der Waals surface area contributed by atoms with Gasteiger partial charge in [0, 0.05) is 26.0 Å². The molecule has 2 heterocycles. The van der Waals surface area contributed by atoms with Crippen molar-refractivity contribution in [2.24, 2.45) is 7.05 Å². The van der Waals surface area contributed by atoms with Gasteiger partial charge in [-0.2, -0.15) is 0 Å². The van der Waals surface area contributed by atoms with E-state index in [1.54, 1.807) is 6.20 Å². The molecule has 1 aliphatic heterocycles. The van der Waals surface area contributed by atoms with Crippen LogP contribution in [-0.2, 0) is 11.8 Å². The van der Waals surface area contributed by atoms with Crippen molar-refractivity contribution in [2.45, 2.75) is 39.2 Å². The molecule has 1 aromatic heterocycles. The van der Waals surface area contributed by atoms with E-state index < -0.39 is 0 Å². The maximum absolute atomic E-state index is 5.30. The second-order valence-electron chi connectivity index (χ2n) is 3.63. The minimum absolute atomic E-state index is 0.597. The van der Waals surface area contributed by atoms with E-state index in [0.717, 1.165) is 12.4 Å². The van der Waals surface area contributed by atoms with Crippen LogP contribution in [0.25, 0.3) is 0 Å². The first-order chi connectivity index (χ1) is 6.74. The summed E-state index contributed by atoms with van der Waals surface area (Å²) in [7, 11) is 1.97. The number of aryl methyl sites for hydroxylation is 2. The van der Waals surface area contributed by atoms with Crippen LogP contribution in [0.1, 0.15) is 32.0 Å². The molecule has 0 amide bonds. The van der Waals surface area contributed by atoms with E-state index >= 15 is 0 Å². The van der Waals surface area contributed by atoms with Gasteiger partial charge in [-0.1, -0.05) is 6.92 Å². The monoisotopic (exact) mass is 196 g/mol. The van der Waals surface area contributed by atoms with Crippen molar-refractivity contribution in [1.29, 1.82) is 0 Å². The maximum atomic E-state index is 5.30. The van der Waals surface area contributed by atoms with Crippen LogP contribution >= 0.6 is 0 Å². The van der Waals surface area contributed by atoms with Crippen LogP contribution in [0.3, 0.4) is 0 Å². The lowest BCUT2D eigenvalue weighted by molar-refractivity contribution is 0.108. The van der Waals surface area contributed by atoms with Crippen LogP contribution in [0, 0.1) is 6.92 Å². The molecular weight excluding hydrogens is 176 g/mol. The third-order valence-corrected chi connectivity index (χ3v) is 2.54. The standard InChI is InChI=1S/C6H12O.C5H8N2/c1-2-6-4-3-5-7-6;1-5-6-3-4-7(5)2/h6H,2-5H2,1H3;3-4H,1-2H3. The number of ether oxygens (including phenoxy) is 1. The molecule has 0 radical (unpaired) electrons. The highest BCUT2D eigenvalue weighted by atomic mass is 16.5. The van der Waals surface area contributed by atoms with Crippen LogP contribution in [0.15, 0.2) is 12.4 Å². The number of hydrogen-bond donors (Lipinski definition) is 0. The molecule has 1 atom stereocenters. The first-order valence-electron chi connectivity index (χ1n) is 5.29. The Bertz CT molecular complexity index is 235. The second kappa shape index (κ2) is 5.81. The maximum Gasteiger partial charge on any atom is 0.105 e. The Hall–Kier alpha value is -0.830. The molecule has 1 saturated heterocycles. The molecule has 3 nitrogen and oxygen atoms in total. The summed E-state index contributed by atoms with van der Waals surface area (Å²) in [5.41, 5.74) is 0. The highest BCUT2D eigenvalue weighted by Gasteiger charge is 2.11. The molecule has 2 rings (SSSR count). The zero-order valence-corrected chi connectivity index (χ0v) is 9.36. The van der Waals surface area contributed by atoms with Gasteiger partial charge in [0.1, 0.15) is 5.82 Å². The normalized spacial score (nSPS) is 20.4. The van der Waals surface area contributed by atoms with E-state index in [0.29, 0.717) is 6.10 Å². The summed E-state index contributed by atoms with van der Waals surface area (Å²) in [6.45, 7) is 5.15. The average Bonchev–Trinajstić information content (AvgIpc) is 2.80. The lowest BCUT2D eigenvalue weighted by Gasteiger charge is -2.01. The number of hydrogen-bond acceptors (Lipinski definition) is 2. The largest absolute Gasteiger partial charge is 0.378 e. The van der Waals surface area contributed by atoms with Crippen LogP contribution in [-0.4, -0.2) is 22.3 Å². The summed E-state index contributed by atoms with van der Waals surface area (Å²) >= 11 is 0. The van der Waals surface area contributed by atoms with Crippen molar-refractivity contribution in [3.63, 3.8) is 0 Å². The third-order valence-electron chi connectivity index (χ3n) is 2.54. The summed E-state index contributed by atoms with van der Waals surface area (Å²) in [5.74, 6) is 1.06. The van der Waals surface area contributed by atoms with E-state index in [2.05, 4.69) is 11.9 Å². The van der Waals surface area contributed by atoms with Crippen molar-refractivity contribution in [1.82, 2.24) is 9.55 Å². The van der Waals surface area contributed by atoms with E-state index in [-0.39, 0.29) is 0 Å². The summed E-state index contributed by atoms with van der Waals surface area (Å²) in [6.07, 6.45) is 8.07. The molecular formula is C11H20N2O. The van der Waals surface area contributed by atoms with Crippen LogP contribution in [0.2, 0.25) is 0 Å². The van der Waals surface area contributed by atoms with Gasteiger partial charge in [-0.05, 0) is 26.2 Å². The molecule has 14 heavy (non-hydrogen) atoms. The predicted molar refractivity (Wildman–Crippen MR) is 57.2 cm³/mol. The number of aromatic nitrogens is 2. The second-order valence-corrected chi connectivity index (χ2v) is 3.63. The number of rotatable bonds is 1. The smallest absolute Gasteiger partial charge is 0.105 e. The van der Waals surface area contributed by atoms with Gasteiger partial charge >= 0.3 is 0 Å². The van der Waals surface area contributed by atoms with Gasteiger partial charge in [0.2, 0.25) is 0 Å². The Balaban J connectivity index is 0.000000140. The molecule has 0 aliphatic carbocycles. The van der Waals surface area contributed by atoms with E-state index in [4.69, 9.17) is 4.74 Å². The summed E-state index contributed by atoms with van der Waals surface area (Å²) < 4.78 is 7.27. The van der Waals surface area contributed by atoms with Gasteiger partial charge in [-0.25, -0.2) is 4.98 Å². The fourth-order valence-electron chi connectivity index (χ4n) is 1.41. The Morgan fingerprint density at radius 1 is 1.64 bits per heavy atom. The van der Waals surface area contributed by atoms with Crippen LogP contribution in [0.5, 0.6) is 0 Å². The van der Waals surface area contributed by atoms with Crippen LogP contribution in [0.4, 0.5) is 0 Å². The molecule has 3 heteroatoms. The number of nitrogens with zero attached hydrogens (tertiary/aromatic N) is 2. The molecule has 1 unspecified atom stereocenters. The predicted octanol–water partition coefficient (Wildman–Crippen LogP) is 2.30. The average molecular weight is 196 g/mol. The van der Waals surface area contributed by atoms with Crippen molar-refractivity contribution >= 4 is 0 Å². The highest BCUT2D eigenvalue weighted by molar-refractivity contribution is 4.85. The summed E-state index contributed by atoms with van der Waals surface area (Å²) in [6, 6.07) is 0. The molecule has 1 aliphatic rings. The quantitative estimate of drug-likeness (QED) is 0.689. The van der Waals surface area contributed by atoms with E-state index in [1.807, 2.05) is 24.7 Å². The molecule has 0 spiro atoms. The van der Waals surface area contributed by atoms with Crippen LogP contribution < -0.4 is 0 Å². The van der Waals surface area contributed by atoms with Gasteiger partial charge < -0.3 is 9.30 Å². The van der Waals surface area contributed by atoms with Crippen molar-refractivity contribution in [2.75, 3.05) is 6.61 Å². The molecule has 0 saturated carbocycles. The Morgan fingerprint density at radius 2 is 2.43 bits per heavy atom. The van der Waals surface area contributed by atoms with E-state index in [1.165, 1.54) is 19.3 Å². The summed E-state index contributed by atoms with van der Waals surface area (Å²) in [4.78, 5) is 3.98. The molecule has 1 fully saturated rings. The molecule has 0 aromatic carbocycles. The Morgan fingerprint density at radius 3 is 2.64 bits per heavy atom. The lowest BCUT2D eigenvalue weighted by Crippen LogP contribution is -2.00. The molecule has 1 aromatic rings. The van der Waals surface area contributed by atoms with Gasteiger partial charge in [0.15, 0.2) is 0 Å². The van der Waals surface area contributed by atoms with Gasteiger partial charge in [-0.15, -0.1) is 0 Å². The SMILES string of the molecule is CCC1CCCO1.Cc1nccn1C. The minimum atomic E-state index is 0.597. The van der Waals surface area contributed by atoms with Crippen molar-refractivity contribution in [3.05, 3.63) is 18.2 Å². The van der Waals surface area contributed by atoms with Gasteiger partial charge in [0.05, 0.1) is 6.10 Å². The third kappa shape index (κ3) is 3.50.